The zero-order valence-corrected chi connectivity index (χ0v) is 28.9. The number of thioether (sulfide) groups is 1. The molecular formula is C35H41Cl2N5O3S. The SMILES string of the molecule is CC(C)C1=C(C(=O)N2CCC[C@H]2C(=O)N2CCN(CCO)C3(CC3)C2)SC2=N[C@@](C)(c3ccc(Cl)cc3)[C@@H](c3ccc(Cl)cc3)N21. The summed E-state index contributed by atoms with van der Waals surface area (Å²) in [7, 11) is 0. The molecule has 8 nitrogen and oxygen atoms in total. The van der Waals surface area contributed by atoms with Crippen molar-refractivity contribution in [3.63, 3.8) is 0 Å². The fourth-order valence-electron chi connectivity index (χ4n) is 7.96. The first-order chi connectivity index (χ1) is 22.1. The lowest BCUT2D eigenvalue weighted by Crippen LogP contribution is -2.60. The molecule has 5 aliphatic rings. The second-order valence-electron chi connectivity index (χ2n) is 13.7. The molecule has 2 aromatic rings. The monoisotopic (exact) mass is 681 g/mol. The zero-order chi connectivity index (χ0) is 32.4. The van der Waals surface area contributed by atoms with Crippen LogP contribution in [0.3, 0.4) is 0 Å². The Bertz CT molecular complexity index is 1590. The van der Waals surface area contributed by atoms with Gasteiger partial charge in [0.25, 0.3) is 5.91 Å². The number of aliphatic imine (C=N–C) groups is 1. The number of benzene rings is 2. The molecule has 46 heavy (non-hydrogen) atoms. The minimum Gasteiger partial charge on any atom is -0.395 e. The number of β-amino-alcohol motifs (C(OH)–C–C–N with tert-alkyl or cyclic N) is 1. The van der Waals surface area contributed by atoms with Crippen molar-refractivity contribution in [3.05, 3.63) is 80.3 Å². The van der Waals surface area contributed by atoms with Crippen LogP contribution < -0.4 is 0 Å². The predicted octanol–water partition coefficient (Wildman–Crippen LogP) is 5.90. The number of hydrogen-bond acceptors (Lipinski definition) is 7. The van der Waals surface area contributed by atoms with Crippen LogP contribution >= 0.6 is 35.0 Å². The summed E-state index contributed by atoms with van der Waals surface area (Å²) in [6.45, 7) is 9.80. The van der Waals surface area contributed by atoms with Gasteiger partial charge in [-0.3, -0.25) is 14.5 Å². The topological polar surface area (TPSA) is 79.7 Å². The highest BCUT2D eigenvalue weighted by atomic mass is 35.5. The highest BCUT2D eigenvalue weighted by molar-refractivity contribution is 8.18. The highest BCUT2D eigenvalue weighted by Crippen LogP contribution is 2.56. The summed E-state index contributed by atoms with van der Waals surface area (Å²) in [5, 5.41) is 11.7. The minimum atomic E-state index is -0.640. The standard InChI is InChI=1S/C35H41Cl2N5O3S/c1-22(2)28-29(32(45)41-16-4-5-27(41)31(44)39-17-18-40(19-20-43)35(21-39)14-15-35)46-33-38-34(3,24-8-12-26(37)13-9-24)30(42(28)33)23-6-10-25(36)11-7-23/h6-13,22,27,30,43H,4-5,14-21H2,1-3H3/t27-,30+,34-/m0/s1. The molecule has 244 valence electrons. The molecule has 2 amide bonds. The Morgan fingerprint density at radius 3 is 2.33 bits per heavy atom. The van der Waals surface area contributed by atoms with Crippen molar-refractivity contribution >= 4 is 51.9 Å². The van der Waals surface area contributed by atoms with Crippen molar-refractivity contribution in [1.29, 1.82) is 0 Å². The molecule has 2 aromatic carbocycles. The van der Waals surface area contributed by atoms with Crippen LogP contribution in [-0.4, -0.2) is 92.6 Å². The van der Waals surface area contributed by atoms with Crippen LogP contribution in [0.25, 0.3) is 0 Å². The van der Waals surface area contributed by atoms with Gasteiger partial charge in [0, 0.05) is 54.0 Å². The van der Waals surface area contributed by atoms with Gasteiger partial charge < -0.3 is 19.8 Å². The molecule has 0 radical (unpaired) electrons. The summed E-state index contributed by atoms with van der Waals surface area (Å²) >= 11 is 14.0. The van der Waals surface area contributed by atoms with E-state index in [0.717, 1.165) is 47.8 Å². The van der Waals surface area contributed by atoms with E-state index in [1.54, 1.807) is 0 Å². The molecule has 11 heteroatoms. The van der Waals surface area contributed by atoms with Crippen molar-refractivity contribution in [3.8, 4) is 0 Å². The van der Waals surface area contributed by atoms with Crippen molar-refractivity contribution in [2.24, 2.45) is 10.9 Å². The number of aliphatic hydroxyl groups excluding tert-OH is 1. The number of amides is 2. The maximum Gasteiger partial charge on any atom is 0.263 e. The lowest BCUT2D eigenvalue weighted by atomic mass is 9.81. The van der Waals surface area contributed by atoms with Gasteiger partial charge in [0.1, 0.15) is 16.5 Å². The summed E-state index contributed by atoms with van der Waals surface area (Å²) in [6.07, 6.45) is 3.58. The van der Waals surface area contributed by atoms with E-state index in [0.29, 0.717) is 47.6 Å². The second kappa shape index (κ2) is 12.2. The third-order valence-corrected chi connectivity index (χ3v) is 12.0. The molecule has 1 aliphatic carbocycles. The summed E-state index contributed by atoms with van der Waals surface area (Å²) < 4.78 is 0. The van der Waals surface area contributed by atoms with Crippen LogP contribution in [0.5, 0.6) is 0 Å². The molecule has 1 saturated carbocycles. The normalized spacial score (nSPS) is 27.2. The van der Waals surface area contributed by atoms with Crippen LogP contribution in [0.2, 0.25) is 10.0 Å². The minimum absolute atomic E-state index is 0.00495. The summed E-state index contributed by atoms with van der Waals surface area (Å²) in [6, 6.07) is 15.1. The quantitative estimate of drug-likeness (QED) is 0.392. The Morgan fingerprint density at radius 1 is 1.02 bits per heavy atom. The van der Waals surface area contributed by atoms with Crippen molar-refractivity contribution < 1.29 is 14.7 Å². The number of amidine groups is 1. The average molecular weight is 683 g/mol. The fraction of sp³-hybridized carbons (Fsp3) is 0.514. The predicted molar refractivity (Wildman–Crippen MR) is 184 cm³/mol. The van der Waals surface area contributed by atoms with Crippen LogP contribution in [0.1, 0.15) is 63.6 Å². The van der Waals surface area contributed by atoms with Gasteiger partial charge in [0.15, 0.2) is 5.17 Å². The maximum atomic E-state index is 14.6. The first kappa shape index (κ1) is 32.0. The summed E-state index contributed by atoms with van der Waals surface area (Å²) in [5.74, 6) is 0.0139. The van der Waals surface area contributed by atoms with Gasteiger partial charge in [0.05, 0.1) is 12.6 Å². The van der Waals surface area contributed by atoms with Crippen LogP contribution in [0.4, 0.5) is 0 Å². The molecule has 3 fully saturated rings. The first-order valence-electron chi connectivity index (χ1n) is 16.3. The van der Waals surface area contributed by atoms with E-state index in [4.69, 9.17) is 28.2 Å². The first-order valence-corrected chi connectivity index (χ1v) is 17.9. The Hall–Kier alpha value is -2.56. The van der Waals surface area contributed by atoms with Crippen LogP contribution in [0.15, 0.2) is 64.1 Å². The van der Waals surface area contributed by atoms with Crippen molar-refractivity contribution in [2.75, 3.05) is 39.3 Å². The lowest BCUT2D eigenvalue weighted by Gasteiger charge is -2.43. The summed E-state index contributed by atoms with van der Waals surface area (Å²) in [5.41, 5.74) is 2.39. The molecule has 3 atom stereocenters. The molecular weight excluding hydrogens is 641 g/mol. The number of aliphatic hydroxyl groups is 1. The second-order valence-corrected chi connectivity index (χ2v) is 15.5. The van der Waals surface area contributed by atoms with Gasteiger partial charge in [-0.05, 0) is 85.7 Å². The van der Waals surface area contributed by atoms with E-state index in [9.17, 15) is 14.7 Å². The van der Waals surface area contributed by atoms with E-state index >= 15 is 0 Å². The lowest BCUT2D eigenvalue weighted by molar-refractivity contribution is -0.144. The highest BCUT2D eigenvalue weighted by Gasteiger charge is 2.55. The maximum absolute atomic E-state index is 14.6. The van der Waals surface area contributed by atoms with Gasteiger partial charge in [-0.15, -0.1) is 0 Å². The molecule has 4 aliphatic heterocycles. The molecule has 0 unspecified atom stereocenters. The van der Waals surface area contributed by atoms with Gasteiger partial charge in [-0.25, -0.2) is 4.99 Å². The Morgan fingerprint density at radius 2 is 1.70 bits per heavy atom. The number of carbonyl (C=O) groups is 2. The van der Waals surface area contributed by atoms with Crippen molar-refractivity contribution in [1.82, 2.24) is 19.6 Å². The number of fused-ring (bicyclic) bond motifs is 1. The fourth-order valence-corrected chi connectivity index (χ4v) is 9.58. The van der Waals surface area contributed by atoms with Gasteiger partial charge in [-0.2, -0.15) is 0 Å². The molecule has 1 N–H and O–H groups in total. The van der Waals surface area contributed by atoms with Crippen LogP contribution in [0, 0.1) is 5.92 Å². The van der Waals surface area contributed by atoms with Gasteiger partial charge >= 0.3 is 0 Å². The zero-order valence-electron chi connectivity index (χ0n) is 26.6. The Labute approximate surface area is 285 Å². The molecule has 0 aromatic heterocycles. The Kier molecular flexibility index (Phi) is 8.46. The van der Waals surface area contributed by atoms with Gasteiger partial charge in [-0.1, -0.05) is 61.3 Å². The Balaban J connectivity index is 1.20. The molecule has 1 spiro atoms. The number of halogens is 2. The molecule has 2 saturated heterocycles. The molecule has 0 bridgehead atoms. The number of nitrogens with zero attached hydrogens (tertiary/aromatic N) is 5. The summed E-state index contributed by atoms with van der Waals surface area (Å²) in [4.78, 5) is 43.0. The molecule has 7 rings (SSSR count). The molecule has 4 heterocycles. The van der Waals surface area contributed by atoms with E-state index in [1.807, 2.05) is 58.3 Å². The van der Waals surface area contributed by atoms with Crippen molar-refractivity contribution in [2.45, 2.75) is 69.6 Å². The van der Waals surface area contributed by atoms with E-state index in [-0.39, 0.29) is 35.9 Å². The number of allylic oxidation sites excluding steroid dienone is 1. The number of carbonyl (C=O) groups excluding carboxylic acids is 2. The smallest absolute Gasteiger partial charge is 0.263 e. The van der Waals surface area contributed by atoms with E-state index < -0.39 is 11.6 Å². The van der Waals surface area contributed by atoms with Crippen LogP contribution in [-0.2, 0) is 15.1 Å². The third kappa shape index (κ3) is 5.36. The average Bonchev–Trinajstić information content (AvgIpc) is 3.35. The largest absolute Gasteiger partial charge is 0.395 e. The number of likely N-dealkylation sites (tertiary alicyclic amines) is 1. The number of rotatable bonds is 7. The number of piperazine rings is 1. The van der Waals surface area contributed by atoms with E-state index in [1.165, 1.54) is 11.8 Å². The third-order valence-electron chi connectivity index (χ3n) is 10.5. The number of hydrogen-bond donors (Lipinski definition) is 1. The van der Waals surface area contributed by atoms with Gasteiger partial charge in [0.2, 0.25) is 5.91 Å². The van der Waals surface area contributed by atoms with E-state index in [2.05, 4.69) is 30.6 Å².